The molecule has 1 heterocycles. The van der Waals surface area contributed by atoms with Crippen molar-refractivity contribution in [2.45, 2.75) is 26.2 Å². The Kier molecular flexibility index (Phi) is 7.49. The SMILES string of the molecule is C=C(C)COc1cccc(NCC(=O)Nc2ccc(C(=O)N3CCCCC3)cc2)c1. The Balaban J connectivity index is 1.48. The minimum Gasteiger partial charge on any atom is -0.489 e. The Morgan fingerprint density at radius 3 is 2.47 bits per heavy atom. The third-order valence-electron chi connectivity index (χ3n) is 4.83. The van der Waals surface area contributed by atoms with Crippen LogP contribution in [0.2, 0.25) is 0 Å². The molecule has 0 aliphatic carbocycles. The Morgan fingerprint density at radius 2 is 1.77 bits per heavy atom. The largest absolute Gasteiger partial charge is 0.489 e. The van der Waals surface area contributed by atoms with E-state index in [-0.39, 0.29) is 18.4 Å². The van der Waals surface area contributed by atoms with Gasteiger partial charge in [-0.15, -0.1) is 0 Å². The van der Waals surface area contributed by atoms with E-state index in [1.807, 2.05) is 36.1 Å². The molecule has 1 aliphatic heterocycles. The number of amides is 2. The second kappa shape index (κ2) is 10.5. The zero-order valence-electron chi connectivity index (χ0n) is 17.4. The topological polar surface area (TPSA) is 70.7 Å². The molecule has 1 aliphatic rings. The van der Waals surface area contributed by atoms with Gasteiger partial charge in [-0.1, -0.05) is 12.6 Å². The number of piperidine rings is 1. The Bertz CT molecular complexity index is 887. The number of hydrogen-bond donors (Lipinski definition) is 2. The van der Waals surface area contributed by atoms with Crippen molar-refractivity contribution in [2.75, 3.05) is 36.9 Å². The third-order valence-corrected chi connectivity index (χ3v) is 4.83. The summed E-state index contributed by atoms with van der Waals surface area (Å²) in [7, 11) is 0. The van der Waals surface area contributed by atoms with Gasteiger partial charge in [0.2, 0.25) is 5.91 Å². The van der Waals surface area contributed by atoms with Crippen LogP contribution in [0.4, 0.5) is 11.4 Å². The molecule has 0 radical (unpaired) electrons. The van der Waals surface area contributed by atoms with Crippen LogP contribution in [0, 0.1) is 0 Å². The van der Waals surface area contributed by atoms with Crippen LogP contribution in [-0.2, 0) is 4.79 Å². The summed E-state index contributed by atoms with van der Waals surface area (Å²) in [6.07, 6.45) is 3.32. The fourth-order valence-electron chi connectivity index (χ4n) is 3.27. The quantitative estimate of drug-likeness (QED) is 0.640. The highest BCUT2D eigenvalue weighted by Gasteiger charge is 2.18. The minimum atomic E-state index is -0.168. The van der Waals surface area contributed by atoms with Gasteiger partial charge in [0.05, 0.1) is 6.54 Å². The van der Waals surface area contributed by atoms with E-state index in [9.17, 15) is 9.59 Å². The molecule has 0 saturated carbocycles. The van der Waals surface area contributed by atoms with E-state index >= 15 is 0 Å². The molecular weight excluding hydrogens is 378 g/mol. The number of rotatable bonds is 8. The number of carbonyl (C=O) groups excluding carboxylic acids is 2. The van der Waals surface area contributed by atoms with Gasteiger partial charge in [0.15, 0.2) is 0 Å². The molecule has 158 valence electrons. The predicted molar refractivity (Wildman–Crippen MR) is 120 cm³/mol. The zero-order chi connectivity index (χ0) is 21.3. The summed E-state index contributed by atoms with van der Waals surface area (Å²) in [5.74, 6) is 0.610. The first-order valence-corrected chi connectivity index (χ1v) is 10.3. The molecule has 1 saturated heterocycles. The first kappa shape index (κ1) is 21.4. The van der Waals surface area contributed by atoms with E-state index in [0.717, 1.165) is 42.9 Å². The summed E-state index contributed by atoms with van der Waals surface area (Å²) in [6.45, 7) is 7.95. The summed E-state index contributed by atoms with van der Waals surface area (Å²) >= 11 is 0. The molecule has 2 amide bonds. The maximum absolute atomic E-state index is 12.5. The molecular formula is C24H29N3O3. The molecule has 6 heteroatoms. The second-order valence-corrected chi connectivity index (χ2v) is 7.61. The lowest BCUT2D eigenvalue weighted by Crippen LogP contribution is -2.35. The van der Waals surface area contributed by atoms with Crippen molar-refractivity contribution in [3.8, 4) is 5.75 Å². The molecule has 0 unspecified atom stereocenters. The summed E-state index contributed by atoms with van der Waals surface area (Å²) in [5.41, 5.74) is 3.05. The van der Waals surface area contributed by atoms with Gasteiger partial charge < -0.3 is 20.3 Å². The van der Waals surface area contributed by atoms with Crippen LogP contribution in [0.5, 0.6) is 5.75 Å². The lowest BCUT2D eigenvalue weighted by atomic mass is 10.1. The average Bonchev–Trinajstić information content (AvgIpc) is 2.77. The van der Waals surface area contributed by atoms with Crippen LogP contribution < -0.4 is 15.4 Å². The van der Waals surface area contributed by atoms with Crippen molar-refractivity contribution in [1.82, 2.24) is 4.90 Å². The number of nitrogens with one attached hydrogen (secondary N) is 2. The number of ether oxygens (including phenoxy) is 1. The van der Waals surface area contributed by atoms with E-state index in [1.54, 1.807) is 24.3 Å². The average molecular weight is 408 g/mol. The monoisotopic (exact) mass is 407 g/mol. The van der Waals surface area contributed by atoms with Crippen LogP contribution in [0.15, 0.2) is 60.7 Å². The predicted octanol–water partition coefficient (Wildman–Crippen LogP) is 4.32. The van der Waals surface area contributed by atoms with E-state index in [4.69, 9.17) is 4.74 Å². The van der Waals surface area contributed by atoms with Crippen LogP contribution in [-0.4, -0.2) is 43.0 Å². The molecule has 6 nitrogen and oxygen atoms in total. The molecule has 0 aromatic heterocycles. The molecule has 2 N–H and O–H groups in total. The number of benzene rings is 2. The summed E-state index contributed by atoms with van der Waals surface area (Å²) in [6, 6.07) is 14.5. The van der Waals surface area contributed by atoms with E-state index in [1.165, 1.54) is 6.42 Å². The zero-order valence-corrected chi connectivity index (χ0v) is 17.4. The molecule has 0 bridgehead atoms. The highest BCUT2D eigenvalue weighted by molar-refractivity contribution is 5.96. The summed E-state index contributed by atoms with van der Waals surface area (Å²) in [4.78, 5) is 26.7. The molecule has 3 rings (SSSR count). The van der Waals surface area contributed by atoms with Gasteiger partial charge in [0, 0.05) is 36.1 Å². The molecule has 1 fully saturated rings. The standard InChI is InChI=1S/C24H29N3O3/c1-18(2)17-30-22-8-6-7-21(15-22)25-16-23(28)26-20-11-9-19(10-12-20)24(29)27-13-4-3-5-14-27/h6-12,15,25H,1,3-5,13-14,16-17H2,2H3,(H,26,28). The minimum absolute atomic E-state index is 0.0583. The Morgan fingerprint density at radius 1 is 1.03 bits per heavy atom. The molecule has 2 aromatic carbocycles. The van der Waals surface area contributed by atoms with Gasteiger partial charge >= 0.3 is 0 Å². The van der Waals surface area contributed by atoms with Crippen LogP contribution in [0.1, 0.15) is 36.5 Å². The van der Waals surface area contributed by atoms with Crippen LogP contribution in [0.3, 0.4) is 0 Å². The molecule has 30 heavy (non-hydrogen) atoms. The number of carbonyl (C=O) groups is 2. The maximum Gasteiger partial charge on any atom is 0.253 e. The van der Waals surface area contributed by atoms with Crippen molar-refractivity contribution in [1.29, 1.82) is 0 Å². The first-order chi connectivity index (χ1) is 14.5. The van der Waals surface area contributed by atoms with Crippen LogP contribution >= 0.6 is 0 Å². The van der Waals surface area contributed by atoms with Gasteiger partial charge in [-0.3, -0.25) is 9.59 Å². The van der Waals surface area contributed by atoms with Crippen LogP contribution in [0.25, 0.3) is 0 Å². The summed E-state index contributed by atoms with van der Waals surface area (Å²) in [5, 5.41) is 5.93. The van der Waals surface area contributed by atoms with E-state index in [0.29, 0.717) is 17.9 Å². The molecule has 2 aromatic rings. The number of anilines is 2. The number of hydrogen-bond acceptors (Lipinski definition) is 4. The number of nitrogens with zero attached hydrogens (tertiary/aromatic N) is 1. The maximum atomic E-state index is 12.5. The fraction of sp³-hybridized carbons (Fsp3) is 0.333. The van der Waals surface area contributed by atoms with Gasteiger partial charge in [0.1, 0.15) is 12.4 Å². The fourth-order valence-corrected chi connectivity index (χ4v) is 3.27. The Labute approximate surface area is 177 Å². The van der Waals surface area contributed by atoms with Crippen molar-refractivity contribution in [3.05, 3.63) is 66.2 Å². The van der Waals surface area contributed by atoms with Crippen molar-refractivity contribution in [2.24, 2.45) is 0 Å². The highest BCUT2D eigenvalue weighted by atomic mass is 16.5. The van der Waals surface area contributed by atoms with E-state index < -0.39 is 0 Å². The van der Waals surface area contributed by atoms with Gasteiger partial charge in [-0.05, 0) is 68.2 Å². The van der Waals surface area contributed by atoms with Crippen molar-refractivity contribution >= 4 is 23.2 Å². The van der Waals surface area contributed by atoms with Gasteiger partial charge in [-0.25, -0.2) is 0 Å². The van der Waals surface area contributed by atoms with Gasteiger partial charge in [-0.2, -0.15) is 0 Å². The lowest BCUT2D eigenvalue weighted by Gasteiger charge is -2.26. The van der Waals surface area contributed by atoms with Crippen molar-refractivity contribution < 1.29 is 14.3 Å². The lowest BCUT2D eigenvalue weighted by molar-refractivity contribution is -0.114. The normalized spacial score (nSPS) is 13.4. The summed E-state index contributed by atoms with van der Waals surface area (Å²) < 4.78 is 5.61. The number of likely N-dealkylation sites (tertiary alicyclic amines) is 1. The molecule has 0 atom stereocenters. The van der Waals surface area contributed by atoms with Gasteiger partial charge in [0.25, 0.3) is 5.91 Å². The Hall–Kier alpha value is -3.28. The highest BCUT2D eigenvalue weighted by Crippen LogP contribution is 2.18. The van der Waals surface area contributed by atoms with E-state index in [2.05, 4.69) is 17.2 Å². The molecule has 0 spiro atoms. The third kappa shape index (κ3) is 6.37. The smallest absolute Gasteiger partial charge is 0.253 e. The first-order valence-electron chi connectivity index (χ1n) is 10.3. The second-order valence-electron chi connectivity index (χ2n) is 7.61. The van der Waals surface area contributed by atoms with Crippen molar-refractivity contribution in [3.63, 3.8) is 0 Å².